The van der Waals surface area contributed by atoms with Crippen LogP contribution in [-0.4, -0.2) is 12.3 Å². The highest BCUT2D eigenvalue weighted by Crippen LogP contribution is 2.63. The average molecular weight is 1090 g/mol. The topological polar surface area (TPSA) is 36.0 Å². The van der Waals surface area contributed by atoms with Gasteiger partial charge < -0.3 is 23.5 Å². The summed E-state index contributed by atoms with van der Waals surface area (Å²) in [5.41, 5.74) is 27.2. The first-order chi connectivity index (χ1) is 39.4. The Morgan fingerprint density at radius 2 is 0.964 bits per heavy atom. The zero-order chi connectivity index (χ0) is 57.4. The lowest BCUT2D eigenvalue weighted by Crippen LogP contribution is -2.62. The molecule has 418 valence electrons. The fourth-order valence-corrected chi connectivity index (χ4v) is 17.4. The molecule has 0 N–H and O–H groups in total. The Morgan fingerprint density at radius 3 is 1.63 bits per heavy atom. The molecular weight excluding hydrogens is 1010 g/mol. The largest absolute Gasteiger partial charge is 0.456 e. The maximum Gasteiger partial charge on any atom is 0.252 e. The minimum absolute atomic E-state index is 0.00762. The molecule has 6 aliphatic rings. The lowest BCUT2D eigenvalue weighted by molar-refractivity contribution is 0.195. The predicted molar refractivity (Wildman–Crippen MR) is 352 cm³/mol. The number of hydrogen-bond donors (Lipinski definition) is 0. The Morgan fingerprint density at radius 1 is 0.422 bits per heavy atom. The summed E-state index contributed by atoms with van der Waals surface area (Å²) in [5, 5.41) is 4.57. The van der Waals surface area contributed by atoms with Crippen molar-refractivity contribution in [3.8, 4) is 0 Å². The summed E-state index contributed by atoms with van der Waals surface area (Å²) in [4.78, 5) is 8.26. The first-order valence-corrected chi connectivity index (χ1v) is 31.3. The fraction of sp³-hybridized carbons (Fsp3) is 0.377. The summed E-state index contributed by atoms with van der Waals surface area (Å²) >= 11 is 0. The van der Waals surface area contributed by atoms with Gasteiger partial charge in [0.15, 0.2) is 5.58 Å². The van der Waals surface area contributed by atoms with Crippen LogP contribution in [0, 0.1) is 6.92 Å². The van der Waals surface area contributed by atoms with Gasteiger partial charge in [0.25, 0.3) is 6.71 Å². The molecule has 6 heteroatoms. The Balaban J connectivity index is 1.09. The summed E-state index contributed by atoms with van der Waals surface area (Å²) in [6.45, 7) is 34.5. The van der Waals surface area contributed by atoms with Crippen LogP contribution in [0.5, 0.6) is 0 Å². The average Bonchev–Trinajstić information content (AvgIpc) is 1.73. The molecule has 2 unspecified atom stereocenters. The van der Waals surface area contributed by atoms with E-state index < -0.39 is 0 Å². The Labute approximate surface area is 492 Å². The van der Waals surface area contributed by atoms with Gasteiger partial charge in [-0.2, -0.15) is 0 Å². The van der Waals surface area contributed by atoms with Gasteiger partial charge in [0.1, 0.15) is 16.7 Å². The van der Waals surface area contributed by atoms with Gasteiger partial charge >= 0.3 is 0 Å². The molecule has 5 nitrogen and oxygen atoms in total. The SMILES string of the molecule is Cc1cc2c(cc1N1c3cc4c(cc3B3c5cc6c(cc5N(c5cccc7c5oc5ccccc57)c5cc(N7c8ccc(C(C)(C)C)cc8C8(C)CCCCC78C)cc1c53)C(C)(C)CCC6(C)C)oc1ccccc14)C(C)(C)CCC2(C)C. The predicted octanol–water partition coefficient (Wildman–Crippen LogP) is 19.6. The molecule has 83 heavy (non-hydrogen) atoms. The van der Waals surface area contributed by atoms with E-state index in [1.54, 1.807) is 0 Å². The van der Waals surface area contributed by atoms with E-state index in [2.05, 4.69) is 245 Å². The molecule has 1 fully saturated rings. The Bertz CT molecular complexity index is 4480. The third-order valence-corrected chi connectivity index (χ3v) is 22.8. The van der Waals surface area contributed by atoms with Crippen LogP contribution >= 0.6 is 0 Å². The van der Waals surface area contributed by atoms with Crippen LogP contribution in [0.1, 0.15) is 180 Å². The monoisotopic (exact) mass is 1090 g/mol. The maximum absolute atomic E-state index is 7.22. The van der Waals surface area contributed by atoms with Gasteiger partial charge in [-0.1, -0.05) is 169 Å². The lowest BCUT2D eigenvalue weighted by Gasteiger charge is -2.51. The molecule has 3 aliphatic heterocycles. The summed E-state index contributed by atoms with van der Waals surface area (Å²) in [5.74, 6) is 0. The molecule has 3 aliphatic carbocycles. The number of para-hydroxylation sites is 3. The van der Waals surface area contributed by atoms with Crippen molar-refractivity contribution in [2.45, 2.75) is 186 Å². The van der Waals surface area contributed by atoms with Crippen LogP contribution in [0.4, 0.5) is 45.5 Å². The molecule has 0 bridgehead atoms. The number of benzene rings is 8. The minimum Gasteiger partial charge on any atom is -0.456 e. The number of aryl methyl sites for hydroxylation is 1. The highest BCUT2D eigenvalue weighted by molar-refractivity contribution is 7.00. The van der Waals surface area contributed by atoms with Crippen molar-refractivity contribution in [1.29, 1.82) is 0 Å². The van der Waals surface area contributed by atoms with E-state index in [0.717, 1.165) is 88.1 Å². The smallest absolute Gasteiger partial charge is 0.252 e. The summed E-state index contributed by atoms with van der Waals surface area (Å²) < 4.78 is 14.2. The molecular formula is C77H80BN3O2. The normalized spacial score (nSPS) is 22.3. The molecule has 0 amide bonds. The second-order valence-electron chi connectivity index (χ2n) is 30.6. The molecule has 16 rings (SSSR count). The van der Waals surface area contributed by atoms with Crippen LogP contribution in [-0.2, 0) is 32.5 Å². The standard InChI is InChI=1S/C77H80BN3O2/c1-45-36-52-54(74(9,10)34-32-72(52,5)6)42-61(45)80-62-40-51-49-23-16-17-26-66(49)82-68(51)44-58(62)78-57-41-53-55(75(11,12)35-33-73(53,7)8)43-63(57)79(60-25-21-24-50-48-22-15-18-27-67(48)83-70(50)60)64-38-47(39-65(80)69(64)78)81-59-29-28-46(71(2,3)4)37-56(59)76(13)30-19-20-31-77(76,81)14/h15-18,21-29,36-44H,19-20,30-35H2,1-14H3. The van der Waals surface area contributed by atoms with Crippen molar-refractivity contribution < 1.29 is 8.83 Å². The van der Waals surface area contributed by atoms with Gasteiger partial charge in [-0.3, -0.25) is 0 Å². The van der Waals surface area contributed by atoms with Crippen LogP contribution in [0.3, 0.4) is 0 Å². The number of fused-ring (bicyclic) bond motifs is 15. The van der Waals surface area contributed by atoms with Crippen molar-refractivity contribution in [2.75, 3.05) is 14.7 Å². The number of hydrogen-bond acceptors (Lipinski definition) is 5. The van der Waals surface area contributed by atoms with Crippen LogP contribution < -0.4 is 31.1 Å². The van der Waals surface area contributed by atoms with Crippen molar-refractivity contribution in [1.82, 2.24) is 0 Å². The molecule has 1 saturated carbocycles. The lowest BCUT2D eigenvalue weighted by atomic mass is 9.33. The van der Waals surface area contributed by atoms with E-state index in [9.17, 15) is 0 Å². The van der Waals surface area contributed by atoms with Crippen LogP contribution in [0.15, 0.2) is 142 Å². The quantitative estimate of drug-likeness (QED) is 0.165. The van der Waals surface area contributed by atoms with E-state index >= 15 is 0 Å². The van der Waals surface area contributed by atoms with Crippen molar-refractivity contribution in [3.63, 3.8) is 0 Å². The minimum atomic E-state index is -0.202. The van der Waals surface area contributed by atoms with Crippen molar-refractivity contribution in [2.24, 2.45) is 0 Å². The number of anilines is 8. The van der Waals surface area contributed by atoms with E-state index in [-0.39, 0.29) is 44.7 Å². The molecule has 2 aromatic heterocycles. The zero-order valence-corrected chi connectivity index (χ0v) is 51.6. The molecule has 8 aromatic carbocycles. The first-order valence-electron chi connectivity index (χ1n) is 31.3. The second-order valence-corrected chi connectivity index (χ2v) is 30.6. The number of furan rings is 2. The Kier molecular flexibility index (Phi) is 10.3. The second kappa shape index (κ2) is 16.6. The number of rotatable bonds is 3. The molecule has 2 atom stereocenters. The van der Waals surface area contributed by atoms with E-state index in [1.807, 2.05) is 0 Å². The van der Waals surface area contributed by atoms with E-state index in [0.29, 0.717) is 0 Å². The third-order valence-electron chi connectivity index (χ3n) is 22.8. The van der Waals surface area contributed by atoms with E-state index in [1.165, 1.54) is 108 Å². The summed E-state index contributed by atoms with van der Waals surface area (Å²) in [6, 6.07) is 52.5. The Hall–Kier alpha value is -7.18. The van der Waals surface area contributed by atoms with Crippen LogP contribution in [0.25, 0.3) is 43.9 Å². The maximum atomic E-state index is 7.22. The molecule has 0 spiro atoms. The zero-order valence-electron chi connectivity index (χ0n) is 51.6. The number of nitrogens with zero attached hydrogens (tertiary/aromatic N) is 3. The highest BCUT2D eigenvalue weighted by atomic mass is 16.3. The van der Waals surface area contributed by atoms with Crippen molar-refractivity contribution >= 4 is 112 Å². The fourth-order valence-electron chi connectivity index (χ4n) is 17.4. The van der Waals surface area contributed by atoms with E-state index in [4.69, 9.17) is 8.83 Å². The van der Waals surface area contributed by atoms with Crippen molar-refractivity contribution in [3.05, 3.63) is 172 Å². The summed E-state index contributed by atoms with van der Waals surface area (Å²) in [7, 11) is 0. The molecule has 5 heterocycles. The molecule has 10 aromatic rings. The van der Waals surface area contributed by atoms with Gasteiger partial charge in [0, 0.05) is 66.8 Å². The van der Waals surface area contributed by atoms with Crippen LogP contribution in [0.2, 0.25) is 0 Å². The van der Waals surface area contributed by atoms with Gasteiger partial charge in [-0.25, -0.2) is 0 Å². The van der Waals surface area contributed by atoms with Gasteiger partial charge in [-0.05, 0) is 195 Å². The van der Waals surface area contributed by atoms with Gasteiger partial charge in [0.2, 0.25) is 0 Å². The first kappa shape index (κ1) is 51.5. The molecule has 0 radical (unpaired) electrons. The van der Waals surface area contributed by atoms with Gasteiger partial charge in [-0.15, -0.1) is 0 Å². The molecule has 0 saturated heterocycles. The third kappa shape index (κ3) is 6.90. The highest BCUT2D eigenvalue weighted by Gasteiger charge is 2.59. The summed E-state index contributed by atoms with van der Waals surface area (Å²) in [6.07, 6.45) is 9.24. The van der Waals surface area contributed by atoms with Gasteiger partial charge in [0.05, 0.1) is 11.2 Å².